The third kappa shape index (κ3) is 2.97. The van der Waals surface area contributed by atoms with Crippen molar-refractivity contribution in [2.75, 3.05) is 5.32 Å². The van der Waals surface area contributed by atoms with Crippen LogP contribution in [0.3, 0.4) is 0 Å². The summed E-state index contributed by atoms with van der Waals surface area (Å²) in [6.45, 7) is 3.52. The number of amides is 1. The van der Waals surface area contributed by atoms with Gasteiger partial charge in [0.2, 0.25) is 0 Å². The fraction of sp³-hybridized carbons (Fsp3) is 0.231. The molecule has 0 aliphatic carbocycles. The molecule has 0 radical (unpaired) electrons. The smallest absolute Gasteiger partial charge is 0.275 e. The van der Waals surface area contributed by atoms with Crippen molar-refractivity contribution in [2.45, 2.75) is 19.9 Å². The second-order valence-corrected chi connectivity index (χ2v) is 5.14. The molecule has 6 heteroatoms. The maximum Gasteiger partial charge on any atom is 0.275 e. The third-order valence-electron chi connectivity index (χ3n) is 2.60. The number of nitrogens with one attached hydrogen (secondary N) is 1. The molecule has 1 atom stereocenters. The van der Waals surface area contributed by atoms with E-state index in [1.807, 2.05) is 0 Å². The van der Waals surface area contributed by atoms with Crippen LogP contribution >= 0.6 is 11.3 Å². The number of aryl methyl sites for hydroxylation is 1. The number of anilines is 1. The van der Waals surface area contributed by atoms with Gasteiger partial charge in [-0.15, -0.1) is 11.3 Å². The number of hydrogen-bond acceptors (Lipinski definition) is 4. The van der Waals surface area contributed by atoms with E-state index in [1.54, 1.807) is 31.4 Å². The van der Waals surface area contributed by atoms with Crippen LogP contribution in [0.25, 0.3) is 0 Å². The highest BCUT2D eigenvalue weighted by atomic mass is 32.1. The number of thiazole rings is 1. The number of halogens is 1. The molecule has 0 aliphatic heterocycles. The van der Waals surface area contributed by atoms with Gasteiger partial charge in [-0.05, 0) is 25.5 Å². The zero-order valence-electron chi connectivity index (χ0n) is 10.6. The van der Waals surface area contributed by atoms with E-state index in [2.05, 4.69) is 10.3 Å². The van der Waals surface area contributed by atoms with Crippen molar-refractivity contribution in [1.29, 1.82) is 0 Å². The van der Waals surface area contributed by atoms with Crippen LogP contribution in [0.4, 0.5) is 10.1 Å². The summed E-state index contributed by atoms with van der Waals surface area (Å²) in [6.07, 6.45) is 0. The van der Waals surface area contributed by atoms with E-state index in [9.17, 15) is 9.18 Å². The number of hydrogen-bond donors (Lipinski definition) is 2. The first kappa shape index (κ1) is 13.6. The van der Waals surface area contributed by atoms with Gasteiger partial charge in [0.1, 0.15) is 16.5 Å². The highest BCUT2D eigenvalue weighted by Crippen LogP contribution is 2.21. The molecule has 0 saturated carbocycles. The molecule has 19 heavy (non-hydrogen) atoms. The minimum Gasteiger partial charge on any atom is -0.322 e. The lowest BCUT2D eigenvalue weighted by atomic mass is 10.2. The quantitative estimate of drug-likeness (QED) is 0.907. The normalized spacial score (nSPS) is 12.2. The summed E-state index contributed by atoms with van der Waals surface area (Å²) in [6, 6.07) is 4.41. The first-order chi connectivity index (χ1) is 8.99. The molecule has 0 fully saturated rings. The van der Waals surface area contributed by atoms with Gasteiger partial charge in [-0.3, -0.25) is 4.79 Å². The molecule has 1 amide bonds. The second kappa shape index (κ2) is 5.46. The van der Waals surface area contributed by atoms with Crippen LogP contribution in [0, 0.1) is 12.7 Å². The summed E-state index contributed by atoms with van der Waals surface area (Å²) in [7, 11) is 0. The van der Waals surface area contributed by atoms with Gasteiger partial charge in [0.05, 0.1) is 11.7 Å². The lowest BCUT2D eigenvalue weighted by Gasteiger charge is -2.07. The van der Waals surface area contributed by atoms with Crippen LogP contribution in [-0.4, -0.2) is 10.9 Å². The number of nitrogens with two attached hydrogens (primary N) is 1. The Kier molecular flexibility index (Phi) is 3.92. The van der Waals surface area contributed by atoms with E-state index in [0.717, 1.165) is 0 Å². The average Bonchev–Trinajstić information content (AvgIpc) is 2.83. The molecule has 1 unspecified atom stereocenters. The highest BCUT2D eigenvalue weighted by Gasteiger charge is 2.15. The van der Waals surface area contributed by atoms with Crippen molar-refractivity contribution in [2.24, 2.45) is 5.73 Å². The highest BCUT2D eigenvalue weighted by molar-refractivity contribution is 7.09. The molecule has 1 aromatic carbocycles. The Morgan fingerprint density at radius 1 is 1.53 bits per heavy atom. The lowest BCUT2D eigenvalue weighted by molar-refractivity contribution is 0.102. The maximum atomic E-state index is 13.6. The maximum absolute atomic E-state index is 13.6. The van der Waals surface area contributed by atoms with Gasteiger partial charge in [-0.2, -0.15) is 0 Å². The summed E-state index contributed by atoms with van der Waals surface area (Å²) in [5.41, 5.74) is 6.78. The van der Waals surface area contributed by atoms with Crippen LogP contribution in [0.1, 0.15) is 34.0 Å². The number of aromatic nitrogens is 1. The summed E-state index contributed by atoms with van der Waals surface area (Å²) < 4.78 is 13.6. The standard InChI is InChI=1S/C13H14FN3OS/c1-7-4-3-5-9(14)11(7)17-12(18)10-6-19-13(16-10)8(2)15/h3-6,8H,15H2,1-2H3,(H,17,18). The summed E-state index contributed by atoms with van der Waals surface area (Å²) in [4.78, 5) is 16.1. The predicted octanol–water partition coefficient (Wildman–Crippen LogP) is 2.86. The van der Waals surface area contributed by atoms with Crippen molar-refractivity contribution in [3.63, 3.8) is 0 Å². The van der Waals surface area contributed by atoms with Crippen molar-refractivity contribution in [1.82, 2.24) is 4.98 Å². The molecule has 100 valence electrons. The van der Waals surface area contributed by atoms with Gasteiger partial charge in [0, 0.05) is 5.38 Å². The molecule has 1 heterocycles. The number of nitrogens with zero attached hydrogens (tertiary/aromatic N) is 1. The molecule has 0 saturated heterocycles. The summed E-state index contributed by atoms with van der Waals surface area (Å²) in [5.74, 6) is -0.896. The Morgan fingerprint density at radius 2 is 2.26 bits per heavy atom. The van der Waals surface area contributed by atoms with Crippen molar-refractivity contribution < 1.29 is 9.18 Å². The Balaban J connectivity index is 2.21. The van der Waals surface area contributed by atoms with E-state index < -0.39 is 11.7 Å². The molecule has 2 rings (SSSR count). The SMILES string of the molecule is Cc1cccc(F)c1NC(=O)c1csc(C(C)N)n1. The molecule has 1 aromatic heterocycles. The van der Waals surface area contributed by atoms with Crippen LogP contribution in [0.5, 0.6) is 0 Å². The van der Waals surface area contributed by atoms with E-state index in [-0.39, 0.29) is 17.4 Å². The molecule has 0 bridgehead atoms. The van der Waals surface area contributed by atoms with Gasteiger partial charge in [0.25, 0.3) is 5.91 Å². The summed E-state index contributed by atoms with van der Waals surface area (Å²) in [5, 5.41) is 4.83. The van der Waals surface area contributed by atoms with Gasteiger partial charge < -0.3 is 11.1 Å². The summed E-state index contributed by atoms with van der Waals surface area (Å²) >= 11 is 1.31. The molecule has 2 aromatic rings. The zero-order chi connectivity index (χ0) is 14.0. The number of carbonyl (C=O) groups is 1. The molecule has 0 spiro atoms. The van der Waals surface area contributed by atoms with Gasteiger partial charge in [0.15, 0.2) is 0 Å². The van der Waals surface area contributed by atoms with Crippen molar-refractivity contribution >= 4 is 22.9 Å². The van der Waals surface area contributed by atoms with E-state index in [4.69, 9.17) is 5.73 Å². The van der Waals surface area contributed by atoms with Gasteiger partial charge in [-0.1, -0.05) is 12.1 Å². The second-order valence-electron chi connectivity index (χ2n) is 4.25. The molecule has 0 aliphatic rings. The van der Waals surface area contributed by atoms with Crippen LogP contribution in [0.2, 0.25) is 0 Å². The Labute approximate surface area is 114 Å². The largest absolute Gasteiger partial charge is 0.322 e. The minimum atomic E-state index is -0.462. The fourth-order valence-corrected chi connectivity index (χ4v) is 2.33. The van der Waals surface area contributed by atoms with E-state index in [1.165, 1.54) is 17.4 Å². The minimum absolute atomic E-state index is 0.183. The molecule has 3 N–H and O–H groups in total. The molecule has 4 nitrogen and oxygen atoms in total. The van der Waals surface area contributed by atoms with E-state index in [0.29, 0.717) is 10.6 Å². The monoisotopic (exact) mass is 279 g/mol. The number of para-hydroxylation sites is 1. The van der Waals surface area contributed by atoms with Crippen molar-refractivity contribution in [3.05, 3.63) is 45.7 Å². The fourth-order valence-electron chi connectivity index (χ4n) is 1.57. The Morgan fingerprint density at radius 3 is 2.84 bits per heavy atom. The number of carbonyl (C=O) groups excluding carboxylic acids is 1. The molecular weight excluding hydrogens is 265 g/mol. The topological polar surface area (TPSA) is 68.0 Å². The number of benzene rings is 1. The third-order valence-corrected chi connectivity index (χ3v) is 3.65. The predicted molar refractivity (Wildman–Crippen MR) is 73.8 cm³/mol. The van der Waals surface area contributed by atoms with Crippen LogP contribution < -0.4 is 11.1 Å². The van der Waals surface area contributed by atoms with Crippen LogP contribution in [-0.2, 0) is 0 Å². The van der Waals surface area contributed by atoms with E-state index >= 15 is 0 Å². The zero-order valence-corrected chi connectivity index (χ0v) is 11.4. The first-order valence-electron chi connectivity index (χ1n) is 5.76. The van der Waals surface area contributed by atoms with Gasteiger partial charge in [-0.25, -0.2) is 9.37 Å². The molecular formula is C13H14FN3OS. The van der Waals surface area contributed by atoms with Crippen molar-refractivity contribution in [3.8, 4) is 0 Å². The van der Waals surface area contributed by atoms with Gasteiger partial charge >= 0.3 is 0 Å². The van der Waals surface area contributed by atoms with Crippen LogP contribution in [0.15, 0.2) is 23.6 Å². The number of rotatable bonds is 3. The Hall–Kier alpha value is -1.79. The lowest BCUT2D eigenvalue weighted by Crippen LogP contribution is -2.15. The first-order valence-corrected chi connectivity index (χ1v) is 6.64. The Bertz CT molecular complexity index is 589. The average molecular weight is 279 g/mol.